The van der Waals surface area contributed by atoms with Crippen molar-refractivity contribution in [1.82, 2.24) is 0 Å². The number of carbonyl (C=O) groups is 1. The summed E-state index contributed by atoms with van der Waals surface area (Å²) in [6.07, 6.45) is -0.0800. The lowest BCUT2D eigenvalue weighted by Crippen LogP contribution is -2.19. The van der Waals surface area contributed by atoms with Gasteiger partial charge in [-0.1, -0.05) is 26.0 Å². The van der Waals surface area contributed by atoms with E-state index in [0.29, 0.717) is 10.5 Å². The van der Waals surface area contributed by atoms with E-state index in [-0.39, 0.29) is 12.2 Å². The van der Waals surface area contributed by atoms with Crippen molar-refractivity contribution in [2.24, 2.45) is 0 Å². The molecule has 5 heteroatoms. The highest BCUT2D eigenvalue weighted by molar-refractivity contribution is 7.91. The smallest absolute Gasteiger partial charge is 0.307 e. The summed E-state index contributed by atoms with van der Waals surface area (Å²) < 4.78 is 23.8. The molecule has 0 aromatic heterocycles. The molecule has 92 valence electrons. The first-order chi connectivity index (χ1) is 7.72. The van der Waals surface area contributed by atoms with Crippen LogP contribution in [0.25, 0.3) is 0 Å². The zero-order valence-corrected chi connectivity index (χ0v) is 10.5. The fourth-order valence-corrected chi connectivity index (χ4v) is 4.50. The Balaban J connectivity index is 2.57. The third-order valence-corrected chi connectivity index (χ3v) is 5.14. The number of sulfone groups is 1. The number of benzene rings is 1. The van der Waals surface area contributed by atoms with Crippen molar-refractivity contribution < 1.29 is 18.3 Å². The highest BCUT2D eigenvalue weighted by Crippen LogP contribution is 2.39. The van der Waals surface area contributed by atoms with E-state index in [0.717, 1.165) is 5.56 Å². The van der Waals surface area contributed by atoms with Gasteiger partial charge in [-0.3, -0.25) is 4.79 Å². The number of rotatable bonds is 2. The van der Waals surface area contributed by atoms with Gasteiger partial charge >= 0.3 is 5.97 Å². The van der Waals surface area contributed by atoms with E-state index in [4.69, 9.17) is 5.11 Å². The van der Waals surface area contributed by atoms with Gasteiger partial charge in [0.2, 0.25) is 0 Å². The van der Waals surface area contributed by atoms with Crippen LogP contribution in [-0.2, 0) is 26.5 Å². The van der Waals surface area contributed by atoms with Crippen LogP contribution in [0, 0.1) is 0 Å². The fourth-order valence-electron chi connectivity index (χ4n) is 2.29. The first-order valence-corrected chi connectivity index (χ1v) is 6.95. The molecule has 1 N–H and O–H groups in total. The predicted molar refractivity (Wildman–Crippen MR) is 62.9 cm³/mol. The Morgan fingerprint density at radius 2 is 2.06 bits per heavy atom. The second-order valence-corrected chi connectivity index (χ2v) is 7.00. The molecular weight excluding hydrogens is 240 g/mol. The van der Waals surface area contributed by atoms with E-state index < -0.39 is 21.2 Å². The van der Waals surface area contributed by atoms with Crippen LogP contribution in [0.2, 0.25) is 0 Å². The Morgan fingerprint density at radius 3 is 2.65 bits per heavy atom. The van der Waals surface area contributed by atoms with Crippen molar-refractivity contribution in [2.45, 2.75) is 30.6 Å². The Hall–Kier alpha value is -1.36. The summed E-state index contributed by atoms with van der Waals surface area (Å²) in [6, 6.07) is 4.80. The number of aliphatic carboxylic acids is 1. The van der Waals surface area contributed by atoms with Gasteiger partial charge in [-0.15, -0.1) is 0 Å². The standard InChI is InChI=1S/C12H14O4S/c1-12(2)7-17(15,16)10-4-3-8(5-9(10)12)6-11(13)14/h3-5H,6-7H2,1-2H3,(H,13,14). The van der Waals surface area contributed by atoms with Crippen molar-refractivity contribution in [1.29, 1.82) is 0 Å². The van der Waals surface area contributed by atoms with Crippen LogP contribution in [0.3, 0.4) is 0 Å². The molecule has 0 bridgehead atoms. The highest BCUT2D eigenvalue weighted by Gasteiger charge is 2.40. The maximum Gasteiger partial charge on any atom is 0.307 e. The molecule has 0 amide bonds. The fraction of sp³-hybridized carbons (Fsp3) is 0.417. The van der Waals surface area contributed by atoms with Gasteiger partial charge in [-0.25, -0.2) is 8.42 Å². The van der Waals surface area contributed by atoms with Gasteiger partial charge in [0.25, 0.3) is 0 Å². The van der Waals surface area contributed by atoms with Gasteiger partial charge in [-0.2, -0.15) is 0 Å². The Bertz CT molecular complexity index is 585. The first kappa shape index (κ1) is 12.1. The van der Waals surface area contributed by atoms with E-state index in [1.165, 1.54) is 6.07 Å². The number of hydrogen-bond donors (Lipinski definition) is 1. The molecule has 0 saturated heterocycles. The summed E-state index contributed by atoms with van der Waals surface area (Å²) >= 11 is 0. The van der Waals surface area contributed by atoms with Crippen molar-refractivity contribution in [2.75, 3.05) is 5.75 Å². The number of carboxylic acid groups (broad SMARTS) is 1. The summed E-state index contributed by atoms with van der Waals surface area (Å²) in [4.78, 5) is 11.0. The van der Waals surface area contributed by atoms with Crippen LogP contribution in [-0.4, -0.2) is 25.2 Å². The highest BCUT2D eigenvalue weighted by atomic mass is 32.2. The molecular formula is C12H14O4S. The molecule has 0 atom stereocenters. The van der Waals surface area contributed by atoms with Crippen LogP contribution < -0.4 is 0 Å². The quantitative estimate of drug-likeness (QED) is 0.865. The van der Waals surface area contributed by atoms with Gasteiger partial charge in [0.1, 0.15) is 0 Å². The summed E-state index contributed by atoms with van der Waals surface area (Å²) in [6.45, 7) is 3.72. The molecule has 1 heterocycles. The van der Waals surface area contributed by atoms with Crippen molar-refractivity contribution in [3.05, 3.63) is 29.3 Å². The van der Waals surface area contributed by atoms with Crippen LogP contribution >= 0.6 is 0 Å². The van der Waals surface area contributed by atoms with E-state index in [9.17, 15) is 13.2 Å². The number of carboxylic acids is 1. The average molecular weight is 254 g/mol. The summed E-state index contributed by atoms with van der Waals surface area (Å²) in [5, 5.41) is 8.73. The van der Waals surface area contributed by atoms with Crippen LogP contribution in [0.5, 0.6) is 0 Å². The molecule has 1 aliphatic rings. The summed E-state index contributed by atoms with van der Waals surface area (Å²) in [5.74, 6) is -0.824. The number of fused-ring (bicyclic) bond motifs is 1. The summed E-state index contributed by atoms with van der Waals surface area (Å²) in [7, 11) is -3.21. The van der Waals surface area contributed by atoms with E-state index in [1.54, 1.807) is 12.1 Å². The maximum absolute atomic E-state index is 11.9. The molecule has 1 aromatic rings. The molecule has 0 aliphatic carbocycles. The van der Waals surface area contributed by atoms with Gasteiger partial charge in [0, 0.05) is 5.41 Å². The third-order valence-electron chi connectivity index (χ3n) is 3.01. The molecule has 17 heavy (non-hydrogen) atoms. The zero-order chi connectivity index (χ0) is 12.8. The van der Waals surface area contributed by atoms with E-state index in [2.05, 4.69) is 0 Å². The van der Waals surface area contributed by atoms with Crippen molar-refractivity contribution >= 4 is 15.8 Å². The third kappa shape index (κ3) is 2.07. The maximum atomic E-state index is 11.9. The summed E-state index contributed by atoms with van der Waals surface area (Å²) in [5.41, 5.74) is 0.931. The Labute approximate surface area is 100 Å². The van der Waals surface area contributed by atoms with Crippen LogP contribution in [0.15, 0.2) is 23.1 Å². The monoisotopic (exact) mass is 254 g/mol. The van der Waals surface area contributed by atoms with Gasteiger partial charge in [0.15, 0.2) is 9.84 Å². The average Bonchev–Trinajstić information content (AvgIpc) is 2.31. The molecule has 0 unspecified atom stereocenters. The Morgan fingerprint density at radius 1 is 1.41 bits per heavy atom. The minimum atomic E-state index is -3.21. The topological polar surface area (TPSA) is 71.4 Å². The Kier molecular flexibility index (Phi) is 2.54. The molecule has 4 nitrogen and oxygen atoms in total. The van der Waals surface area contributed by atoms with Gasteiger partial charge in [-0.05, 0) is 17.2 Å². The van der Waals surface area contributed by atoms with Crippen molar-refractivity contribution in [3.63, 3.8) is 0 Å². The molecule has 0 spiro atoms. The normalized spacial score (nSPS) is 19.9. The zero-order valence-electron chi connectivity index (χ0n) is 9.73. The predicted octanol–water partition coefficient (Wildman–Crippen LogP) is 1.38. The van der Waals surface area contributed by atoms with Crippen LogP contribution in [0.1, 0.15) is 25.0 Å². The first-order valence-electron chi connectivity index (χ1n) is 5.30. The van der Waals surface area contributed by atoms with E-state index >= 15 is 0 Å². The largest absolute Gasteiger partial charge is 0.481 e. The molecule has 0 fully saturated rings. The molecule has 0 radical (unpaired) electrons. The second kappa shape index (κ2) is 3.57. The molecule has 2 rings (SSSR count). The van der Waals surface area contributed by atoms with E-state index in [1.807, 2.05) is 13.8 Å². The van der Waals surface area contributed by atoms with Crippen molar-refractivity contribution in [3.8, 4) is 0 Å². The minimum Gasteiger partial charge on any atom is -0.481 e. The minimum absolute atomic E-state index is 0.0800. The van der Waals surface area contributed by atoms with Crippen LogP contribution in [0.4, 0.5) is 0 Å². The SMILES string of the molecule is CC1(C)CS(=O)(=O)c2ccc(CC(=O)O)cc21. The number of hydrogen-bond acceptors (Lipinski definition) is 3. The molecule has 0 saturated carbocycles. The van der Waals surface area contributed by atoms with Gasteiger partial charge < -0.3 is 5.11 Å². The second-order valence-electron chi connectivity index (χ2n) is 5.04. The molecule has 1 aromatic carbocycles. The van der Waals surface area contributed by atoms with Gasteiger partial charge in [0.05, 0.1) is 17.1 Å². The lowest BCUT2D eigenvalue weighted by atomic mass is 9.86. The molecule has 1 aliphatic heterocycles. The lowest BCUT2D eigenvalue weighted by molar-refractivity contribution is -0.136. The lowest BCUT2D eigenvalue weighted by Gasteiger charge is -2.17.